The van der Waals surface area contributed by atoms with Crippen molar-refractivity contribution < 1.29 is 23.5 Å². The Morgan fingerprint density at radius 1 is 1.30 bits per heavy atom. The summed E-state index contributed by atoms with van der Waals surface area (Å²) in [5, 5.41) is 7.55. The molecule has 0 radical (unpaired) electrons. The number of hydrogen-bond donors (Lipinski definition) is 3. The summed E-state index contributed by atoms with van der Waals surface area (Å²) in [6, 6.07) is 3.51. The van der Waals surface area contributed by atoms with Crippen molar-refractivity contribution in [2.24, 2.45) is 0 Å². The van der Waals surface area contributed by atoms with Crippen molar-refractivity contribution in [1.29, 1.82) is 0 Å². The number of aryl methyl sites for hydroxylation is 1. The number of nitrogens with zero attached hydrogens (tertiary/aromatic N) is 1. The molecule has 0 aliphatic carbocycles. The van der Waals surface area contributed by atoms with Gasteiger partial charge in [0.25, 0.3) is 5.91 Å². The quantitative estimate of drug-likeness (QED) is 0.494. The first-order valence-corrected chi connectivity index (χ1v) is 10.1. The number of carbonyl (C=O) groups is 3. The molecule has 0 fully saturated rings. The minimum atomic E-state index is -0.482. The van der Waals surface area contributed by atoms with Crippen LogP contribution in [0.4, 0.5) is 5.13 Å². The molecule has 30 heavy (non-hydrogen) atoms. The first-order chi connectivity index (χ1) is 14.3. The van der Waals surface area contributed by atoms with E-state index in [9.17, 15) is 14.4 Å². The number of esters is 1. The number of H-pyrrole nitrogens is 1. The van der Waals surface area contributed by atoms with Gasteiger partial charge in [-0.1, -0.05) is 6.92 Å². The Labute approximate surface area is 176 Å². The number of aromatic amines is 1. The van der Waals surface area contributed by atoms with Crippen LogP contribution in [0.3, 0.4) is 0 Å². The summed E-state index contributed by atoms with van der Waals surface area (Å²) in [4.78, 5) is 43.2. The summed E-state index contributed by atoms with van der Waals surface area (Å²) in [5.74, 6) is 0.105. The molecule has 10 heteroatoms. The summed E-state index contributed by atoms with van der Waals surface area (Å²) in [6.45, 7) is 5.31. The number of thiazole rings is 1. The van der Waals surface area contributed by atoms with Gasteiger partial charge in [0, 0.05) is 18.0 Å². The molecule has 0 unspecified atom stereocenters. The average Bonchev–Trinajstić information content (AvgIpc) is 3.44. The van der Waals surface area contributed by atoms with Gasteiger partial charge in [0.15, 0.2) is 10.9 Å². The number of ether oxygens (including phenoxy) is 1. The Bertz CT molecular complexity index is 1090. The molecule has 0 bridgehead atoms. The van der Waals surface area contributed by atoms with Gasteiger partial charge in [-0.2, -0.15) is 0 Å². The van der Waals surface area contributed by atoms with Gasteiger partial charge < -0.3 is 19.5 Å². The van der Waals surface area contributed by atoms with Crippen molar-refractivity contribution in [3.8, 4) is 11.5 Å². The molecule has 0 spiro atoms. The van der Waals surface area contributed by atoms with Crippen molar-refractivity contribution >= 4 is 34.3 Å². The molecule has 0 atom stereocenters. The smallest absolute Gasteiger partial charge is 0.339 e. The van der Waals surface area contributed by atoms with Crippen molar-refractivity contribution in [2.75, 3.05) is 12.4 Å². The van der Waals surface area contributed by atoms with E-state index >= 15 is 0 Å². The van der Waals surface area contributed by atoms with Crippen LogP contribution < -0.4 is 10.6 Å². The minimum absolute atomic E-state index is 0.146. The second-order valence-corrected chi connectivity index (χ2v) is 7.35. The number of nitrogens with one attached hydrogen (secondary N) is 3. The van der Waals surface area contributed by atoms with E-state index in [1.54, 1.807) is 24.4 Å². The lowest BCUT2D eigenvalue weighted by Gasteiger charge is -2.02. The lowest BCUT2D eigenvalue weighted by molar-refractivity contribution is -0.119. The number of aromatic nitrogens is 2. The fourth-order valence-electron chi connectivity index (χ4n) is 2.96. The predicted octanol–water partition coefficient (Wildman–Crippen LogP) is 3.28. The molecule has 0 saturated heterocycles. The molecule has 3 aromatic heterocycles. The summed E-state index contributed by atoms with van der Waals surface area (Å²) in [7, 11) is 1.31. The van der Waals surface area contributed by atoms with Crippen LogP contribution in [-0.4, -0.2) is 34.9 Å². The molecule has 0 aliphatic rings. The number of anilines is 1. The van der Waals surface area contributed by atoms with E-state index < -0.39 is 11.9 Å². The standard InChI is InChI=1S/C20H22N4O5S/c1-5-13-16(19(27)28-4)10(2)17(22-13)18(26)24-20-23-14(9-30-20)15-7-6-12(29-15)8-21-11(3)25/h6-7,9,22H,5,8H2,1-4H3,(H,21,25)(H,23,24,26). The van der Waals surface area contributed by atoms with E-state index in [2.05, 4.69) is 20.6 Å². The summed E-state index contributed by atoms with van der Waals surface area (Å²) < 4.78 is 10.5. The van der Waals surface area contributed by atoms with E-state index in [4.69, 9.17) is 9.15 Å². The molecule has 3 aromatic rings. The fraction of sp³-hybridized carbons (Fsp3) is 0.300. The lowest BCUT2D eigenvalue weighted by Crippen LogP contribution is -2.18. The largest absolute Gasteiger partial charge is 0.465 e. The Morgan fingerprint density at radius 3 is 2.73 bits per heavy atom. The molecule has 0 aromatic carbocycles. The highest BCUT2D eigenvalue weighted by Crippen LogP contribution is 2.27. The summed E-state index contributed by atoms with van der Waals surface area (Å²) in [6.07, 6.45) is 0.555. The monoisotopic (exact) mass is 430 g/mol. The topological polar surface area (TPSA) is 126 Å². The van der Waals surface area contributed by atoms with Crippen LogP contribution in [0.2, 0.25) is 0 Å². The molecule has 3 rings (SSSR count). The van der Waals surface area contributed by atoms with Crippen LogP contribution >= 0.6 is 11.3 Å². The fourth-order valence-corrected chi connectivity index (χ4v) is 3.65. The van der Waals surface area contributed by atoms with Gasteiger partial charge in [-0.15, -0.1) is 11.3 Å². The number of furan rings is 1. The van der Waals surface area contributed by atoms with Crippen LogP contribution in [0.25, 0.3) is 11.5 Å². The molecule has 0 saturated carbocycles. The first kappa shape index (κ1) is 21.3. The number of amides is 2. The maximum Gasteiger partial charge on any atom is 0.339 e. The van der Waals surface area contributed by atoms with Gasteiger partial charge in [0.2, 0.25) is 5.91 Å². The van der Waals surface area contributed by atoms with Gasteiger partial charge in [-0.25, -0.2) is 9.78 Å². The second kappa shape index (κ2) is 8.95. The van der Waals surface area contributed by atoms with E-state index in [1.165, 1.54) is 25.4 Å². The maximum atomic E-state index is 12.7. The molecule has 158 valence electrons. The van der Waals surface area contributed by atoms with Gasteiger partial charge in [-0.05, 0) is 31.0 Å². The van der Waals surface area contributed by atoms with Crippen molar-refractivity contribution in [1.82, 2.24) is 15.3 Å². The van der Waals surface area contributed by atoms with Gasteiger partial charge in [0.1, 0.15) is 17.1 Å². The van der Waals surface area contributed by atoms with Gasteiger partial charge in [-0.3, -0.25) is 14.9 Å². The second-order valence-electron chi connectivity index (χ2n) is 6.49. The van der Waals surface area contributed by atoms with Crippen LogP contribution in [0.5, 0.6) is 0 Å². The molecule has 3 heterocycles. The Balaban J connectivity index is 1.75. The van der Waals surface area contributed by atoms with Crippen LogP contribution in [0.1, 0.15) is 51.7 Å². The van der Waals surface area contributed by atoms with Crippen molar-refractivity contribution in [3.05, 3.63) is 45.8 Å². The zero-order valence-corrected chi connectivity index (χ0v) is 17.9. The van der Waals surface area contributed by atoms with E-state index in [1.807, 2.05) is 6.92 Å². The van der Waals surface area contributed by atoms with E-state index in [0.717, 1.165) is 0 Å². The number of hydrogen-bond acceptors (Lipinski definition) is 7. The van der Waals surface area contributed by atoms with Crippen molar-refractivity contribution in [3.63, 3.8) is 0 Å². The summed E-state index contributed by atoms with van der Waals surface area (Å²) in [5.41, 5.74) is 2.41. The molecular formula is C20H22N4O5S. The van der Waals surface area contributed by atoms with Gasteiger partial charge >= 0.3 is 5.97 Å². The van der Waals surface area contributed by atoms with Crippen LogP contribution in [0.15, 0.2) is 21.9 Å². The zero-order valence-electron chi connectivity index (χ0n) is 17.0. The van der Waals surface area contributed by atoms with Gasteiger partial charge in [0.05, 0.1) is 19.2 Å². The van der Waals surface area contributed by atoms with E-state index in [-0.39, 0.29) is 12.5 Å². The molecular weight excluding hydrogens is 408 g/mol. The molecule has 0 aliphatic heterocycles. The SMILES string of the molecule is CCc1[nH]c(C(=O)Nc2nc(-c3ccc(CNC(C)=O)o3)cs2)c(C)c1C(=O)OC. The highest BCUT2D eigenvalue weighted by atomic mass is 32.1. The molecule has 2 amide bonds. The van der Waals surface area contributed by atoms with Crippen molar-refractivity contribution in [2.45, 2.75) is 33.7 Å². The lowest BCUT2D eigenvalue weighted by atomic mass is 10.1. The van der Waals surface area contributed by atoms with E-state index in [0.29, 0.717) is 51.3 Å². The highest BCUT2D eigenvalue weighted by Gasteiger charge is 2.24. The zero-order chi connectivity index (χ0) is 21.8. The Morgan fingerprint density at radius 2 is 2.07 bits per heavy atom. The normalized spacial score (nSPS) is 10.7. The molecule has 9 nitrogen and oxygen atoms in total. The summed E-state index contributed by atoms with van der Waals surface area (Å²) >= 11 is 1.25. The maximum absolute atomic E-state index is 12.7. The Kier molecular flexibility index (Phi) is 6.36. The third-order valence-electron chi connectivity index (χ3n) is 4.45. The number of carbonyl (C=O) groups excluding carboxylic acids is 3. The number of rotatable bonds is 7. The highest BCUT2D eigenvalue weighted by molar-refractivity contribution is 7.14. The van der Waals surface area contributed by atoms with Crippen LogP contribution in [0, 0.1) is 6.92 Å². The number of methoxy groups -OCH3 is 1. The Hall–Kier alpha value is -3.40. The predicted molar refractivity (Wildman–Crippen MR) is 112 cm³/mol. The van der Waals surface area contributed by atoms with Crippen LogP contribution in [-0.2, 0) is 22.5 Å². The first-order valence-electron chi connectivity index (χ1n) is 9.24. The average molecular weight is 430 g/mol. The minimum Gasteiger partial charge on any atom is -0.465 e. The third kappa shape index (κ3) is 4.43. The third-order valence-corrected chi connectivity index (χ3v) is 5.21. The molecule has 3 N–H and O–H groups in total.